The molecule has 0 atom stereocenters. The zero-order valence-corrected chi connectivity index (χ0v) is 14.6. The Morgan fingerprint density at radius 3 is 2.80 bits per heavy atom. The zero-order chi connectivity index (χ0) is 17.2. The van der Waals surface area contributed by atoms with Crippen LogP contribution in [0.15, 0.2) is 60.8 Å². The van der Waals surface area contributed by atoms with Crippen molar-refractivity contribution in [3.63, 3.8) is 0 Å². The molecule has 124 valence electrons. The topological polar surface area (TPSA) is 57.8 Å². The van der Waals surface area contributed by atoms with Crippen molar-refractivity contribution < 1.29 is 4.79 Å². The van der Waals surface area contributed by atoms with Crippen LogP contribution in [0.2, 0.25) is 0 Å². The van der Waals surface area contributed by atoms with Crippen molar-refractivity contribution in [2.75, 3.05) is 5.32 Å². The van der Waals surface area contributed by atoms with E-state index in [-0.39, 0.29) is 5.91 Å². The van der Waals surface area contributed by atoms with E-state index in [1.54, 1.807) is 6.20 Å². The number of fused-ring (bicyclic) bond motifs is 1. The van der Waals surface area contributed by atoms with Crippen LogP contribution >= 0.6 is 11.3 Å². The molecule has 0 bridgehead atoms. The first-order valence-corrected chi connectivity index (χ1v) is 8.99. The van der Waals surface area contributed by atoms with Crippen molar-refractivity contribution in [1.82, 2.24) is 10.2 Å². The van der Waals surface area contributed by atoms with Gasteiger partial charge in [-0.3, -0.25) is 9.89 Å². The standard InChI is InChI=1S/C20H17N3OS/c1-2-13-10-18(25-19(13)14-6-4-3-5-7-14)20(24)22-16-9-8-15-12-21-23-17(15)11-16/h3-12H,2H2,1H3,(H,21,23)(H,22,24). The summed E-state index contributed by atoms with van der Waals surface area (Å²) in [5.41, 5.74) is 4.02. The SMILES string of the molecule is CCc1cc(C(=O)Nc2ccc3cn[nH]c3c2)sc1-c1ccccc1. The van der Waals surface area contributed by atoms with Gasteiger partial charge in [-0.05, 0) is 41.8 Å². The minimum atomic E-state index is -0.0826. The van der Waals surface area contributed by atoms with Crippen molar-refractivity contribution in [3.05, 3.63) is 71.2 Å². The molecule has 4 rings (SSSR count). The predicted molar refractivity (Wildman–Crippen MR) is 103 cm³/mol. The molecule has 0 fully saturated rings. The second kappa shape index (κ2) is 6.53. The summed E-state index contributed by atoms with van der Waals surface area (Å²) in [5, 5.41) is 10.9. The van der Waals surface area contributed by atoms with E-state index in [2.05, 4.69) is 34.6 Å². The van der Waals surface area contributed by atoms with Gasteiger partial charge in [0.1, 0.15) is 0 Å². The highest BCUT2D eigenvalue weighted by molar-refractivity contribution is 7.17. The Labute approximate surface area is 149 Å². The maximum Gasteiger partial charge on any atom is 0.265 e. The van der Waals surface area contributed by atoms with Gasteiger partial charge >= 0.3 is 0 Å². The lowest BCUT2D eigenvalue weighted by Gasteiger charge is -2.03. The molecule has 2 aromatic carbocycles. The van der Waals surface area contributed by atoms with Crippen LogP contribution in [0.4, 0.5) is 5.69 Å². The lowest BCUT2D eigenvalue weighted by molar-refractivity contribution is 0.103. The molecule has 0 aliphatic rings. The van der Waals surface area contributed by atoms with E-state index in [1.807, 2.05) is 42.5 Å². The Bertz CT molecular complexity index is 1030. The molecule has 0 saturated carbocycles. The van der Waals surface area contributed by atoms with Gasteiger partial charge in [0.25, 0.3) is 5.91 Å². The van der Waals surface area contributed by atoms with Gasteiger partial charge in [-0.2, -0.15) is 5.10 Å². The summed E-state index contributed by atoms with van der Waals surface area (Å²) < 4.78 is 0. The molecule has 4 nitrogen and oxygen atoms in total. The van der Waals surface area contributed by atoms with Crippen LogP contribution in [0, 0.1) is 0 Å². The van der Waals surface area contributed by atoms with Gasteiger partial charge in [0.05, 0.1) is 16.6 Å². The number of hydrogen-bond donors (Lipinski definition) is 2. The Hall–Kier alpha value is -2.92. The summed E-state index contributed by atoms with van der Waals surface area (Å²) in [6.07, 6.45) is 2.66. The Kier molecular flexibility index (Phi) is 4.07. The molecule has 0 unspecified atom stereocenters. The number of hydrogen-bond acceptors (Lipinski definition) is 3. The van der Waals surface area contributed by atoms with E-state index in [9.17, 15) is 4.79 Å². The molecule has 5 heteroatoms. The van der Waals surface area contributed by atoms with Gasteiger partial charge in [0.15, 0.2) is 0 Å². The first-order valence-electron chi connectivity index (χ1n) is 8.17. The molecule has 0 aliphatic carbocycles. The number of amides is 1. The van der Waals surface area contributed by atoms with Crippen molar-refractivity contribution in [1.29, 1.82) is 0 Å². The largest absolute Gasteiger partial charge is 0.321 e. The number of nitrogens with zero attached hydrogens (tertiary/aromatic N) is 1. The van der Waals surface area contributed by atoms with Gasteiger partial charge in [-0.25, -0.2) is 0 Å². The van der Waals surface area contributed by atoms with Crippen LogP contribution in [-0.2, 0) is 6.42 Å². The van der Waals surface area contributed by atoms with Gasteiger partial charge in [-0.15, -0.1) is 11.3 Å². The third-order valence-electron chi connectivity index (χ3n) is 4.15. The molecule has 1 amide bonds. The van der Waals surface area contributed by atoms with Crippen molar-refractivity contribution in [2.24, 2.45) is 0 Å². The highest BCUT2D eigenvalue weighted by atomic mass is 32.1. The van der Waals surface area contributed by atoms with E-state index in [0.717, 1.165) is 38.3 Å². The number of aromatic amines is 1. The van der Waals surface area contributed by atoms with Gasteiger partial charge in [0, 0.05) is 16.0 Å². The Morgan fingerprint density at radius 2 is 2.00 bits per heavy atom. The van der Waals surface area contributed by atoms with Crippen LogP contribution in [0.5, 0.6) is 0 Å². The normalized spacial score (nSPS) is 10.9. The number of thiophene rings is 1. The predicted octanol–water partition coefficient (Wildman–Crippen LogP) is 5.11. The summed E-state index contributed by atoms with van der Waals surface area (Å²) in [4.78, 5) is 14.6. The third-order valence-corrected chi connectivity index (χ3v) is 5.37. The van der Waals surface area contributed by atoms with Gasteiger partial charge in [-0.1, -0.05) is 37.3 Å². The number of rotatable bonds is 4. The van der Waals surface area contributed by atoms with Crippen LogP contribution in [0.1, 0.15) is 22.2 Å². The summed E-state index contributed by atoms with van der Waals surface area (Å²) in [5.74, 6) is -0.0826. The molecule has 2 N–H and O–H groups in total. The maximum atomic E-state index is 12.7. The number of benzene rings is 2. The minimum absolute atomic E-state index is 0.0826. The number of nitrogens with one attached hydrogen (secondary N) is 2. The molecule has 4 aromatic rings. The molecular weight excluding hydrogens is 330 g/mol. The molecule has 0 spiro atoms. The average molecular weight is 347 g/mol. The van der Waals surface area contributed by atoms with Crippen molar-refractivity contribution >= 4 is 33.8 Å². The summed E-state index contributed by atoms with van der Waals surface area (Å²) in [6.45, 7) is 2.11. The van der Waals surface area contributed by atoms with E-state index < -0.39 is 0 Å². The molecule has 2 heterocycles. The van der Waals surface area contributed by atoms with E-state index in [4.69, 9.17) is 0 Å². The van der Waals surface area contributed by atoms with E-state index >= 15 is 0 Å². The van der Waals surface area contributed by atoms with Crippen LogP contribution < -0.4 is 5.32 Å². The van der Waals surface area contributed by atoms with Gasteiger partial charge in [0.2, 0.25) is 0 Å². The fourth-order valence-corrected chi connectivity index (χ4v) is 4.00. The van der Waals surface area contributed by atoms with E-state index in [1.165, 1.54) is 16.9 Å². The second-order valence-electron chi connectivity index (χ2n) is 5.81. The molecular formula is C20H17N3OS. The minimum Gasteiger partial charge on any atom is -0.321 e. The molecule has 0 saturated heterocycles. The van der Waals surface area contributed by atoms with Crippen LogP contribution in [0.3, 0.4) is 0 Å². The van der Waals surface area contributed by atoms with Crippen LogP contribution in [-0.4, -0.2) is 16.1 Å². The number of aromatic nitrogens is 2. The molecule has 0 radical (unpaired) electrons. The number of carbonyl (C=O) groups excluding carboxylic acids is 1. The van der Waals surface area contributed by atoms with Crippen molar-refractivity contribution in [3.8, 4) is 10.4 Å². The monoisotopic (exact) mass is 347 g/mol. The summed E-state index contributed by atoms with van der Waals surface area (Å²) >= 11 is 1.54. The highest BCUT2D eigenvalue weighted by Gasteiger charge is 2.15. The quantitative estimate of drug-likeness (QED) is 0.539. The molecule has 25 heavy (non-hydrogen) atoms. The molecule has 2 aromatic heterocycles. The number of carbonyl (C=O) groups is 1. The third kappa shape index (κ3) is 3.06. The second-order valence-corrected chi connectivity index (χ2v) is 6.86. The van der Waals surface area contributed by atoms with Crippen molar-refractivity contribution in [2.45, 2.75) is 13.3 Å². The zero-order valence-electron chi connectivity index (χ0n) is 13.7. The van der Waals surface area contributed by atoms with Gasteiger partial charge < -0.3 is 5.32 Å². The number of aryl methyl sites for hydroxylation is 1. The molecule has 0 aliphatic heterocycles. The maximum absolute atomic E-state index is 12.7. The Morgan fingerprint density at radius 1 is 1.16 bits per heavy atom. The Balaban J connectivity index is 1.62. The summed E-state index contributed by atoms with van der Waals surface area (Å²) in [6, 6.07) is 17.9. The fourth-order valence-electron chi connectivity index (χ4n) is 2.84. The first-order chi connectivity index (χ1) is 12.2. The smallest absolute Gasteiger partial charge is 0.265 e. The average Bonchev–Trinajstić information content (AvgIpc) is 3.28. The first kappa shape index (κ1) is 15.6. The highest BCUT2D eigenvalue weighted by Crippen LogP contribution is 2.33. The number of H-pyrrole nitrogens is 1. The van der Waals surface area contributed by atoms with Crippen LogP contribution in [0.25, 0.3) is 21.3 Å². The fraction of sp³-hybridized carbons (Fsp3) is 0.100. The lowest BCUT2D eigenvalue weighted by Crippen LogP contribution is -2.09. The van der Waals surface area contributed by atoms with E-state index in [0.29, 0.717) is 0 Å². The lowest BCUT2D eigenvalue weighted by atomic mass is 10.1. The number of anilines is 1. The summed E-state index contributed by atoms with van der Waals surface area (Å²) in [7, 11) is 0.